The quantitative estimate of drug-likeness (QED) is 0.207. The second kappa shape index (κ2) is 11.9. The van der Waals surface area contributed by atoms with Crippen molar-refractivity contribution in [3.05, 3.63) is 42.5 Å². The van der Waals surface area contributed by atoms with Crippen LogP contribution in [0, 0.1) is 7.14 Å². The summed E-state index contributed by atoms with van der Waals surface area (Å²) in [5.41, 5.74) is 0.827. The van der Waals surface area contributed by atoms with E-state index in [1.54, 1.807) is 12.1 Å². The summed E-state index contributed by atoms with van der Waals surface area (Å²) in [7, 11) is 0.0879. The molecule has 0 N–H and O–H groups in total. The van der Waals surface area contributed by atoms with E-state index in [0.29, 0.717) is 34.1 Å². The van der Waals surface area contributed by atoms with E-state index >= 15 is 0 Å². The first-order valence-corrected chi connectivity index (χ1v) is 11.1. The number of hydrogen-bond acceptors (Lipinski definition) is 6. The summed E-state index contributed by atoms with van der Waals surface area (Å²) in [5.74, 6) is 1.66. The van der Waals surface area contributed by atoms with Crippen LogP contribution < -0.4 is 40.2 Å². The topological polar surface area (TPSA) is 71.1 Å². The number of hydrogen-bond donors (Lipinski definition) is 0. The van der Waals surface area contributed by atoms with E-state index in [1.807, 2.05) is 12.1 Å². The molecule has 0 fully saturated rings. The summed E-state index contributed by atoms with van der Waals surface area (Å²) >= 11 is -0.814. The Morgan fingerprint density at radius 3 is 1.22 bits per heavy atom. The molecule has 0 atom stereocenters. The molecule has 32 heavy (non-hydrogen) atoms. The number of ketones is 2. The minimum Gasteiger partial charge on any atom is -0.496 e. The number of Topliss-reactive ketones (excluding diaryl/α,β-unsaturated/α-hetero) is 2. The maximum absolute atomic E-state index is 12.1. The molecule has 0 aliphatic heterocycles. The average Bonchev–Trinajstić information content (AvgIpc) is 2.71. The third kappa shape index (κ3) is 7.28. The fourth-order valence-corrected chi connectivity index (χ4v) is 5.56. The minimum absolute atomic E-state index is 0.138. The third-order valence-corrected chi connectivity index (χ3v) is 6.76. The van der Waals surface area contributed by atoms with Crippen molar-refractivity contribution < 1.29 is 67.0 Å². The van der Waals surface area contributed by atoms with Gasteiger partial charge in [0.1, 0.15) is 22.6 Å². The summed E-state index contributed by atoms with van der Waals surface area (Å²) in [5, 5.41) is 0. The average molecular weight is 572 g/mol. The first-order chi connectivity index (χ1) is 14.9. The fraction of sp³-hybridized carbons (Fsp3) is 0.300. The van der Waals surface area contributed by atoms with Gasteiger partial charge < -0.3 is 36.2 Å². The number of carbonyl (C=O) groups excluding carboxylic acids is 2. The van der Waals surface area contributed by atoms with Crippen molar-refractivity contribution in [1.82, 2.24) is 0 Å². The van der Waals surface area contributed by atoms with Gasteiger partial charge in [0, 0.05) is 0 Å². The molecule has 0 heterocycles. The Balaban J connectivity index is 0.000000920. The second-order valence-electron chi connectivity index (χ2n) is 6.02. The van der Waals surface area contributed by atoms with Crippen LogP contribution in [-0.2, 0) is 0 Å². The molecule has 0 aliphatic rings. The Morgan fingerprint density at radius 2 is 1.00 bits per heavy atom. The lowest BCUT2D eigenvalue weighted by molar-refractivity contribution is -0.598. The van der Waals surface area contributed by atoms with Crippen LogP contribution in [0.2, 0.25) is 0 Å². The lowest BCUT2D eigenvalue weighted by atomic mass is 10.1. The molecule has 2 rings (SSSR count). The van der Waals surface area contributed by atoms with Gasteiger partial charge in [-0.05, 0) is 38.1 Å². The molecule has 0 amide bonds. The van der Waals surface area contributed by atoms with Crippen molar-refractivity contribution in [2.45, 2.75) is 13.8 Å². The summed E-state index contributed by atoms with van der Waals surface area (Å²) in [6.45, 7) is 2.95. The van der Waals surface area contributed by atoms with Crippen molar-refractivity contribution in [2.75, 3.05) is 28.4 Å². The van der Waals surface area contributed by atoms with Crippen LogP contribution in [0.15, 0.2) is 24.3 Å². The highest BCUT2D eigenvalue weighted by Crippen LogP contribution is 2.30. The van der Waals surface area contributed by atoms with Crippen molar-refractivity contribution in [3.8, 4) is 23.0 Å². The molecule has 0 saturated heterocycles. The van der Waals surface area contributed by atoms with E-state index in [0.717, 1.165) is 7.14 Å². The zero-order valence-corrected chi connectivity index (χ0v) is 20.4. The molecule has 0 radical (unpaired) electrons. The molecule has 0 saturated carbocycles. The molecule has 0 bridgehead atoms. The van der Waals surface area contributed by atoms with Gasteiger partial charge in [-0.3, -0.25) is 9.59 Å². The Bertz CT molecular complexity index is 904. The van der Waals surface area contributed by atoms with Crippen molar-refractivity contribution in [3.63, 3.8) is 0 Å². The van der Waals surface area contributed by atoms with E-state index in [2.05, 4.69) is 0 Å². The molecule has 0 unspecified atom stereocenters. The van der Waals surface area contributed by atoms with E-state index in [1.165, 1.54) is 42.3 Å². The minimum atomic E-state index is -6.00. The van der Waals surface area contributed by atoms with Gasteiger partial charge in [-0.1, -0.05) is 0 Å². The monoisotopic (exact) mass is 572 g/mol. The molecule has 0 aromatic heterocycles. The molecular formula is C20H22BF4IO6. The SMILES string of the molecule is COc1ccc([I+]c2ccc(OC)c(C(C)=O)c2OC)c(OC)c1C(C)=O.F[B-](F)(F)F. The van der Waals surface area contributed by atoms with Crippen LogP contribution in [0.1, 0.15) is 34.6 Å². The Labute approximate surface area is 193 Å². The van der Waals surface area contributed by atoms with Gasteiger partial charge in [0.2, 0.25) is 7.14 Å². The molecular weight excluding hydrogens is 550 g/mol. The maximum atomic E-state index is 12.1. The molecule has 2 aromatic carbocycles. The highest BCUT2D eigenvalue weighted by molar-refractivity contribution is 6.50. The highest BCUT2D eigenvalue weighted by atomic mass is 127. The lowest BCUT2D eigenvalue weighted by Crippen LogP contribution is -3.61. The fourth-order valence-electron chi connectivity index (χ4n) is 2.74. The lowest BCUT2D eigenvalue weighted by Gasteiger charge is -2.12. The predicted molar refractivity (Wildman–Crippen MR) is 107 cm³/mol. The van der Waals surface area contributed by atoms with Gasteiger partial charge in [0.15, 0.2) is 23.1 Å². The van der Waals surface area contributed by atoms with Crippen LogP contribution in [-0.4, -0.2) is 47.3 Å². The van der Waals surface area contributed by atoms with Gasteiger partial charge in [-0.2, -0.15) is 0 Å². The van der Waals surface area contributed by atoms with E-state index in [9.17, 15) is 26.9 Å². The van der Waals surface area contributed by atoms with E-state index in [-0.39, 0.29) is 11.6 Å². The van der Waals surface area contributed by atoms with Crippen LogP contribution in [0.3, 0.4) is 0 Å². The molecule has 176 valence electrons. The maximum Gasteiger partial charge on any atom is 0.673 e. The summed E-state index contributed by atoms with van der Waals surface area (Å²) in [4.78, 5) is 24.3. The number of benzene rings is 2. The summed E-state index contributed by atoms with van der Waals surface area (Å²) in [6.07, 6.45) is 0. The van der Waals surface area contributed by atoms with Crippen molar-refractivity contribution >= 4 is 18.8 Å². The van der Waals surface area contributed by atoms with Crippen molar-refractivity contribution in [2.24, 2.45) is 0 Å². The largest absolute Gasteiger partial charge is 0.673 e. The highest BCUT2D eigenvalue weighted by Gasteiger charge is 2.32. The third-order valence-electron chi connectivity index (χ3n) is 3.90. The number of rotatable bonds is 8. The first kappa shape index (κ1) is 27.5. The second-order valence-corrected chi connectivity index (χ2v) is 8.88. The Morgan fingerprint density at radius 1 is 0.688 bits per heavy atom. The number of carbonyl (C=O) groups is 2. The van der Waals surface area contributed by atoms with E-state index in [4.69, 9.17) is 18.9 Å². The van der Waals surface area contributed by atoms with E-state index < -0.39 is 28.5 Å². The predicted octanol–water partition coefficient (Wildman–Crippen LogP) is 1.55. The van der Waals surface area contributed by atoms with Crippen LogP contribution >= 0.6 is 0 Å². The van der Waals surface area contributed by atoms with Gasteiger partial charge in [0.05, 0.1) is 28.4 Å². The molecule has 2 aromatic rings. The Kier molecular flexibility index (Phi) is 10.3. The number of methoxy groups -OCH3 is 4. The molecule has 12 heteroatoms. The van der Waals surface area contributed by atoms with Gasteiger partial charge in [-0.25, -0.2) is 0 Å². The zero-order valence-electron chi connectivity index (χ0n) is 18.2. The van der Waals surface area contributed by atoms with Crippen LogP contribution in [0.25, 0.3) is 0 Å². The normalized spacial score (nSPS) is 10.6. The smallest absolute Gasteiger partial charge is 0.496 e. The van der Waals surface area contributed by atoms with Crippen LogP contribution in [0.4, 0.5) is 17.3 Å². The summed E-state index contributed by atoms with van der Waals surface area (Å²) in [6, 6.07) is 7.29. The standard InChI is InChI=1S/C20H22IO6.BF4/c1-11(22)17-15(24-3)9-7-13(19(17)26-5)21-14-8-10-16(25-4)18(12(2)23)20(14)27-6;2-1(3,4)5/h7-10H,1-6H3;/q+1;-1. The molecule has 0 aliphatic carbocycles. The molecule has 0 spiro atoms. The van der Waals surface area contributed by atoms with Crippen LogP contribution in [0.5, 0.6) is 23.0 Å². The van der Waals surface area contributed by atoms with Gasteiger partial charge in [-0.15, -0.1) is 0 Å². The number of ether oxygens (including phenoxy) is 4. The molecule has 6 nitrogen and oxygen atoms in total. The van der Waals surface area contributed by atoms with Gasteiger partial charge in [0.25, 0.3) is 0 Å². The summed E-state index contributed by atoms with van der Waals surface area (Å²) < 4.78 is 62.5. The first-order valence-electron chi connectivity index (χ1n) is 8.93. The zero-order chi connectivity index (χ0) is 24.6. The number of halogens is 5. The Hall–Kier alpha value is -2.51. The van der Waals surface area contributed by atoms with Gasteiger partial charge >= 0.3 is 28.5 Å². The van der Waals surface area contributed by atoms with Crippen molar-refractivity contribution in [1.29, 1.82) is 0 Å².